The number of Topliss-reactive ketones (excluding diaryl/α,β-unsaturated/α-hetero) is 1. The van der Waals surface area contributed by atoms with Crippen LogP contribution in [0.2, 0.25) is 0 Å². The molecule has 46 valence electrons. The Kier molecular flexibility index (Phi) is 1.91. The van der Waals surface area contributed by atoms with Gasteiger partial charge in [-0.05, 0) is 18.5 Å². The zero-order valence-electron chi connectivity index (χ0n) is 4.72. The highest BCUT2D eigenvalue weighted by Crippen LogP contribution is 2.19. The van der Waals surface area contributed by atoms with Crippen LogP contribution in [0.3, 0.4) is 0 Å². The van der Waals surface area contributed by atoms with Gasteiger partial charge in [0.15, 0.2) is 5.78 Å². The summed E-state index contributed by atoms with van der Waals surface area (Å²) >= 11 is 1.27. The largest absolute Gasteiger partial charge is 0.304 e. The average molecular weight is 132 g/mol. The van der Waals surface area contributed by atoms with Gasteiger partial charge in [0.25, 0.3) is 0 Å². The van der Waals surface area contributed by atoms with Crippen LogP contribution in [-0.4, -0.2) is 17.6 Å². The van der Waals surface area contributed by atoms with Gasteiger partial charge < -0.3 is 4.18 Å². The molecule has 1 rings (SSSR count). The van der Waals surface area contributed by atoms with Gasteiger partial charge in [-0.15, -0.1) is 0 Å². The molecule has 3 heteroatoms. The molecule has 0 aromatic heterocycles. The van der Waals surface area contributed by atoms with Crippen molar-refractivity contribution in [2.45, 2.75) is 19.4 Å². The highest BCUT2D eigenvalue weighted by molar-refractivity contribution is 7.95. The maximum Gasteiger partial charge on any atom is 0.175 e. The summed E-state index contributed by atoms with van der Waals surface area (Å²) in [6.45, 7) is 1.95. The fourth-order valence-electron chi connectivity index (χ4n) is 0.617. The van der Waals surface area contributed by atoms with Crippen molar-refractivity contribution in [3.8, 4) is 0 Å². The van der Waals surface area contributed by atoms with Crippen LogP contribution in [0.4, 0.5) is 0 Å². The fourth-order valence-corrected chi connectivity index (χ4v) is 1.39. The van der Waals surface area contributed by atoms with Crippen LogP contribution in [0.1, 0.15) is 13.3 Å². The van der Waals surface area contributed by atoms with Gasteiger partial charge in [-0.25, -0.2) is 0 Å². The lowest BCUT2D eigenvalue weighted by molar-refractivity contribution is -0.121. The lowest BCUT2D eigenvalue weighted by Crippen LogP contribution is -2.14. The Balaban J connectivity index is 2.42. The SMILES string of the molecule is CCC1OSCC1=O. The third kappa shape index (κ3) is 1.03. The van der Waals surface area contributed by atoms with Crippen molar-refractivity contribution in [2.24, 2.45) is 0 Å². The molecule has 0 spiro atoms. The molecule has 0 aliphatic carbocycles. The standard InChI is InChI=1S/C5H8O2S/c1-2-5-4(6)3-8-7-5/h5H,2-3H2,1H3. The highest BCUT2D eigenvalue weighted by Gasteiger charge is 2.23. The molecule has 1 heterocycles. The Morgan fingerprint density at radius 3 is 3.00 bits per heavy atom. The van der Waals surface area contributed by atoms with E-state index in [9.17, 15) is 4.79 Å². The number of ketones is 1. The molecule has 1 fully saturated rings. The molecule has 1 unspecified atom stereocenters. The first-order chi connectivity index (χ1) is 3.84. The lowest BCUT2D eigenvalue weighted by Gasteiger charge is -1.98. The first-order valence-corrected chi connectivity index (χ1v) is 3.56. The van der Waals surface area contributed by atoms with Gasteiger partial charge in [0.2, 0.25) is 0 Å². The molecule has 0 aromatic carbocycles. The molecule has 1 atom stereocenters. The van der Waals surface area contributed by atoms with Gasteiger partial charge in [0.1, 0.15) is 6.10 Å². The van der Waals surface area contributed by atoms with Crippen LogP contribution >= 0.6 is 12.0 Å². The number of hydrogen-bond acceptors (Lipinski definition) is 3. The van der Waals surface area contributed by atoms with E-state index in [0.29, 0.717) is 5.75 Å². The minimum Gasteiger partial charge on any atom is -0.304 e. The van der Waals surface area contributed by atoms with Crippen molar-refractivity contribution >= 4 is 17.8 Å². The summed E-state index contributed by atoms with van der Waals surface area (Å²) in [7, 11) is 0. The minimum atomic E-state index is -0.111. The van der Waals surface area contributed by atoms with E-state index in [1.54, 1.807) is 0 Å². The van der Waals surface area contributed by atoms with E-state index in [2.05, 4.69) is 0 Å². The van der Waals surface area contributed by atoms with Gasteiger partial charge in [-0.3, -0.25) is 4.79 Å². The van der Waals surface area contributed by atoms with Gasteiger partial charge >= 0.3 is 0 Å². The third-order valence-corrected chi connectivity index (χ3v) is 1.89. The molecule has 1 saturated heterocycles. The Morgan fingerprint density at radius 1 is 2.00 bits per heavy atom. The van der Waals surface area contributed by atoms with E-state index in [4.69, 9.17) is 4.18 Å². The Hall–Kier alpha value is -0.0200. The normalized spacial score (nSPS) is 29.1. The quantitative estimate of drug-likeness (QED) is 0.498. The summed E-state index contributed by atoms with van der Waals surface area (Å²) in [4.78, 5) is 10.7. The lowest BCUT2D eigenvalue weighted by atomic mass is 10.2. The molecule has 0 N–H and O–H groups in total. The van der Waals surface area contributed by atoms with E-state index in [0.717, 1.165) is 6.42 Å². The molecule has 0 aromatic rings. The maximum atomic E-state index is 10.7. The van der Waals surface area contributed by atoms with Crippen molar-refractivity contribution in [3.63, 3.8) is 0 Å². The third-order valence-electron chi connectivity index (χ3n) is 1.12. The molecule has 2 nitrogen and oxygen atoms in total. The summed E-state index contributed by atoms with van der Waals surface area (Å²) < 4.78 is 4.98. The first-order valence-electron chi connectivity index (χ1n) is 2.65. The Morgan fingerprint density at radius 2 is 2.75 bits per heavy atom. The minimum absolute atomic E-state index is 0.111. The second-order valence-corrected chi connectivity index (χ2v) is 2.44. The summed E-state index contributed by atoms with van der Waals surface area (Å²) in [6, 6.07) is 0. The molecule has 1 aliphatic heterocycles. The van der Waals surface area contributed by atoms with Gasteiger partial charge in [0, 0.05) is 0 Å². The van der Waals surface area contributed by atoms with E-state index in [-0.39, 0.29) is 11.9 Å². The number of hydrogen-bond donors (Lipinski definition) is 0. The van der Waals surface area contributed by atoms with Crippen LogP contribution in [-0.2, 0) is 8.98 Å². The Labute approximate surface area is 52.8 Å². The highest BCUT2D eigenvalue weighted by atomic mass is 32.2. The van der Waals surface area contributed by atoms with Crippen molar-refractivity contribution in [1.82, 2.24) is 0 Å². The Bertz CT molecular complexity index is 103. The molecule has 0 bridgehead atoms. The molecule has 1 aliphatic rings. The summed E-state index contributed by atoms with van der Waals surface area (Å²) in [5.41, 5.74) is 0. The van der Waals surface area contributed by atoms with Crippen LogP contribution in [0, 0.1) is 0 Å². The fraction of sp³-hybridized carbons (Fsp3) is 0.800. The second kappa shape index (κ2) is 2.51. The van der Waals surface area contributed by atoms with Crippen LogP contribution in [0.5, 0.6) is 0 Å². The zero-order chi connectivity index (χ0) is 5.98. The predicted octanol–water partition coefficient (Wildman–Crippen LogP) is 1.01. The average Bonchev–Trinajstić information content (AvgIpc) is 2.14. The predicted molar refractivity (Wildman–Crippen MR) is 32.6 cm³/mol. The monoisotopic (exact) mass is 132 g/mol. The van der Waals surface area contributed by atoms with E-state index < -0.39 is 0 Å². The van der Waals surface area contributed by atoms with Crippen molar-refractivity contribution in [3.05, 3.63) is 0 Å². The van der Waals surface area contributed by atoms with E-state index >= 15 is 0 Å². The van der Waals surface area contributed by atoms with E-state index in [1.165, 1.54) is 12.0 Å². The molecule has 0 amide bonds. The van der Waals surface area contributed by atoms with Crippen LogP contribution < -0.4 is 0 Å². The summed E-state index contributed by atoms with van der Waals surface area (Å²) in [6.07, 6.45) is 0.700. The topological polar surface area (TPSA) is 26.3 Å². The molecular weight excluding hydrogens is 124 g/mol. The molecular formula is C5H8O2S. The van der Waals surface area contributed by atoms with Gasteiger partial charge in [-0.1, -0.05) is 6.92 Å². The van der Waals surface area contributed by atoms with Crippen molar-refractivity contribution in [2.75, 3.05) is 5.75 Å². The summed E-state index contributed by atoms with van der Waals surface area (Å²) in [5.74, 6) is 0.774. The number of rotatable bonds is 1. The first kappa shape index (κ1) is 6.11. The summed E-state index contributed by atoms with van der Waals surface area (Å²) in [5, 5.41) is 0. The van der Waals surface area contributed by atoms with Crippen molar-refractivity contribution < 1.29 is 8.98 Å². The van der Waals surface area contributed by atoms with E-state index in [1.807, 2.05) is 6.92 Å². The van der Waals surface area contributed by atoms with Crippen LogP contribution in [0.15, 0.2) is 0 Å². The van der Waals surface area contributed by atoms with Crippen LogP contribution in [0.25, 0.3) is 0 Å². The van der Waals surface area contributed by atoms with Gasteiger partial charge in [0.05, 0.1) is 5.75 Å². The molecule has 0 saturated carbocycles. The second-order valence-electron chi connectivity index (χ2n) is 1.72. The zero-order valence-corrected chi connectivity index (χ0v) is 5.53. The molecule has 8 heavy (non-hydrogen) atoms. The number of carbonyl (C=O) groups excluding carboxylic acids is 1. The van der Waals surface area contributed by atoms with Gasteiger partial charge in [-0.2, -0.15) is 0 Å². The molecule has 0 radical (unpaired) electrons. The van der Waals surface area contributed by atoms with Crippen molar-refractivity contribution in [1.29, 1.82) is 0 Å². The number of carbonyl (C=O) groups is 1. The maximum absolute atomic E-state index is 10.7. The smallest absolute Gasteiger partial charge is 0.175 e.